The zero-order valence-electron chi connectivity index (χ0n) is 21.3. The fraction of sp³-hybridized carbons (Fsp3) is 0.500. The van der Waals surface area contributed by atoms with Crippen molar-refractivity contribution >= 4 is 32.8 Å². The van der Waals surface area contributed by atoms with Crippen LogP contribution in [-0.4, -0.2) is 43.5 Å². The summed E-state index contributed by atoms with van der Waals surface area (Å²) >= 11 is 0. The van der Waals surface area contributed by atoms with Crippen molar-refractivity contribution in [2.24, 2.45) is 22.7 Å². The molecule has 0 aromatic heterocycles. The van der Waals surface area contributed by atoms with Crippen LogP contribution in [0.1, 0.15) is 57.1 Å². The van der Waals surface area contributed by atoms with Gasteiger partial charge in [-0.2, -0.15) is 0 Å². The van der Waals surface area contributed by atoms with E-state index in [4.69, 9.17) is 0 Å². The van der Waals surface area contributed by atoms with E-state index in [-0.39, 0.29) is 40.5 Å². The molecule has 3 fully saturated rings. The van der Waals surface area contributed by atoms with Crippen LogP contribution < -0.4 is 4.90 Å². The first-order chi connectivity index (χ1) is 17.2. The van der Waals surface area contributed by atoms with Crippen LogP contribution in [0.2, 0.25) is 0 Å². The van der Waals surface area contributed by atoms with Gasteiger partial charge in [0.2, 0.25) is 15.9 Å². The maximum Gasteiger partial charge on any atom is 0.241 e. The van der Waals surface area contributed by atoms with Gasteiger partial charge in [-0.1, -0.05) is 62.4 Å². The Labute approximate surface area is 214 Å². The average molecular weight is 503 g/mol. The number of fused-ring (bicyclic) bond motifs is 4. The summed E-state index contributed by atoms with van der Waals surface area (Å²) in [7, 11) is -1.58. The Morgan fingerprint density at radius 3 is 2.47 bits per heavy atom. The number of anilines is 1. The zero-order valence-corrected chi connectivity index (χ0v) is 22.1. The smallest absolute Gasteiger partial charge is 0.241 e. The number of sulfonamides is 1. The summed E-state index contributed by atoms with van der Waals surface area (Å²) in [6.45, 7) is 4.48. The number of para-hydroxylation sites is 1. The number of allylic oxidation sites excluding steroid dienone is 1. The predicted molar refractivity (Wildman–Crippen MR) is 143 cm³/mol. The van der Waals surface area contributed by atoms with Crippen LogP contribution in [0, 0.1) is 22.7 Å². The Morgan fingerprint density at radius 2 is 1.72 bits per heavy atom. The molecule has 5 aliphatic rings. The van der Waals surface area contributed by atoms with Gasteiger partial charge in [0.05, 0.1) is 23.8 Å². The summed E-state index contributed by atoms with van der Waals surface area (Å²) in [6, 6.07) is 18.5. The first-order valence-corrected chi connectivity index (χ1v) is 14.9. The Hall–Kier alpha value is -2.60. The Kier molecular flexibility index (Phi) is 4.55. The van der Waals surface area contributed by atoms with E-state index < -0.39 is 10.0 Å². The number of carbonyl (C=O) groups is 1. The van der Waals surface area contributed by atoms with Crippen molar-refractivity contribution in [1.29, 1.82) is 0 Å². The Bertz CT molecular complexity index is 1410. The highest BCUT2D eigenvalue weighted by atomic mass is 32.2. The molecule has 2 aliphatic heterocycles. The van der Waals surface area contributed by atoms with Crippen LogP contribution in [0.3, 0.4) is 0 Å². The highest BCUT2D eigenvalue weighted by molar-refractivity contribution is 7.90. The summed E-state index contributed by atoms with van der Waals surface area (Å²) in [5.41, 5.74) is 5.62. The molecule has 5 nitrogen and oxygen atoms in total. The minimum absolute atomic E-state index is 0.0434. The highest BCUT2D eigenvalue weighted by Gasteiger charge is 2.72. The van der Waals surface area contributed by atoms with Crippen LogP contribution >= 0.6 is 0 Å². The van der Waals surface area contributed by atoms with Crippen molar-refractivity contribution in [3.63, 3.8) is 0 Å². The van der Waals surface area contributed by atoms with E-state index >= 15 is 0 Å². The molecule has 0 unspecified atom stereocenters. The molecule has 1 amide bonds. The number of nitrogens with zero attached hydrogens (tertiary/aromatic N) is 2. The molecule has 2 heterocycles. The quantitative estimate of drug-likeness (QED) is 0.567. The Morgan fingerprint density at radius 1 is 1.00 bits per heavy atom. The third-order valence-corrected chi connectivity index (χ3v) is 12.7. The van der Waals surface area contributed by atoms with E-state index in [2.05, 4.69) is 68.3 Å². The lowest BCUT2D eigenvalue weighted by Crippen LogP contribution is -2.51. The van der Waals surface area contributed by atoms with Crippen molar-refractivity contribution in [2.45, 2.75) is 58.0 Å². The van der Waals surface area contributed by atoms with Crippen molar-refractivity contribution in [3.05, 3.63) is 65.7 Å². The maximum atomic E-state index is 14.4. The van der Waals surface area contributed by atoms with E-state index in [0.29, 0.717) is 12.3 Å². The second-order valence-electron chi connectivity index (χ2n) is 12.2. The molecular weight excluding hydrogens is 468 g/mol. The molecule has 2 aromatic carbocycles. The monoisotopic (exact) mass is 502 g/mol. The normalized spacial score (nSPS) is 35.1. The van der Waals surface area contributed by atoms with Crippen molar-refractivity contribution < 1.29 is 13.2 Å². The number of carbonyl (C=O) groups excluding carboxylic acids is 1. The average Bonchev–Trinajstić information content (AvgIpc) is 3.46. The minimum Gasteiger partial charge on any atom is -0.366 e. The van der Waals surface area contributed by atoms with Gasteiger partial charge in [0.25, 0.3) is 0 Å². The molecule has 3 aliphatic carbocycles. The van der Waals surface area contributed by atoms with Crippen molar-refractivity contribution in [3.8, 4) is 0 Å². The topological polar surface area (TPSA) is 57.7 Å². The molecule has 0 N–H and O–H groups in total. The second kappa shape index (κ2) is 7.25. The van der Waals surface area contributed by atoms with Crippen molar-refractivity contribution in [1.82, 2.24) is 4.31 Å². The van der Waals surface area contributed by atoms with E-state index in [1.54, 1.807) is 0 Å². The molecule has 0 radical (unpaired) electrons. The van der Waals surface area contributed by atoms with Gasteiger partial charge in [-0.25, -0.2) is 12.7 Å². The van der Waals surface area contributed by atoms with Gasteiger partial charge < -0.3 is 4.90 Å². The predicted octanol–water partition coefficient (Wildman–Crippen LogP) is 5.19. The van der Waals surface area contributed by atoms with E-state index in [1.165, 1.54) is 26.6 Å². The first kappa shape index (κ1) is 22.6. The summed E-state index contributed by atoms with van der Waals surface area (Å²) in [4.78, 5) is 16.6. The van der Waals surface area contributed by atoms with Gasteiger partial charge in [0.15, 0.2) is 0 Å². The summed E-state index contributed by atoms with van der Waals surface area (Å²) in [5, 5.41) is 0. The second-order valence-corrected chi connectivity index (χ2v) is 14.1. The SMILES string of the molecule is CN1c2ccccc2C2=C(c3ccccc3)CC[C@@H](C(=O)N3[C@@H]4C[C@@H]5CC[C@@]4(CS3(=O)=O)C5(C)C)[C@H]21. The number of amides is 1. The number of benzene rings is 2. The molecule has 36 heavy (non-hydrogen) atoms. The third kappa shape index (κ3) is 2.66. The largest absolute Gasteiger partial charge is 0.366 e. The molecule has 2 saturated carbocycles. The highest BCUT2D eigenvalue weighted by Crippen LogP contribution is 2.70. The van der Waals surface area contributed by atoms with Crippen LogP contribution in [0.15, 0.2) is 54.6 Å². The van der Waals surface area contributed by atoms with Crippen LogP contribution in [0.5, 0.6) is 0 Å². The fourth-order valence-electron chi connectivity index (χ4n) is 8.86. The zero-order chi connectivity index (χ0) is 25.0. The number of hydrogen-bond acceptors (Lipinski definition) is 4. The Balaban J connectivity index is 1.33. The molecule has 2 aromatic rings. The molecule has 1 spiro atoms. The first-order valence-electron chi connectivity index (χ1n) is 13.3. The summed E-state index contributed by atoms with van der Waals surface area (Å²) < 4.78 is 28.8. The number of rotatable bonds is 2. The lowest BCUT2D eigenvalue weighted by molar-refractivity contribution is -0.133. The van der Waals surface area contributed by atoms with Gasteiger partial charge in [-0.05, 0) is 66.2 Å². The standard InChI is InChI=1S/C30H34N2O3S/c1-29(2)20-15-16-30(29)18-36(34,35)32(25(30)17-20)28(33)23-14-13-21(19-9-5-4-6-10-19)26-22-11-7-8-12-24(22)31(3)27(23)26/h4-12,20,23,25,27H,13-18H2,1-3H3/t20-,23+,25+,27+,30-/m0/s1. The van der Waals surface area contributed by atoms with E-state index in [0.717, 1.165) is 31.4 Å². The summed E-state index contributed by atoms with van der Waals surface area (Å²) in [6.07, 6.45) is 4.25. The molecule has 5 atom stereocenters. The van der Waals surface area contributed by atoms with Crippen molar-refractivity contribution in [2.75, 3.05) is 17.7 Å². The van der Waals surface area contributed by atoms with Crippen LogP contribution in [0.25, 0.3) is 11.1 Å². The molecule has 2 bridgehead atoms. The molecule has 7 rings (SSSR count). The van der Waals surface area contributed by atoms with Gasteiger partial charge >= 0.3 is 0 Å². The maximum absolute atomic E-state index is 14.4. The van der Waals surface area contributed by atoms with Gasteiger partial charge in [0, 0.05) is 23.7 Å². The lowest BCUT2D eigenvalue weighted by Gasteiger charge is -2.40. The molecule has 1 saturated heterocycles. The lowest BCUT2D eigenvalue weighted by atomic mass is 9.69. The number of likely N-dealkylation sites (N-methyl/N-ethyl adjacent to an activating group) is 1. The van der Waals surface area contributed by atoms with Crippen LogP contribution in [-0.2, 0) is 14.8 Å². The van der Waals surface area contributed by atoms with Gasteiger partial charge in [-0.15, -0.1) is 0 Å². The van der Waals surface area contributed by atoms with E-state index in [9.17, 15) is 13.2 Å². The van der Waals surface area contributed by atoms with Gasteiger partial charge in [-0.3, -0.25) is 4.79 Å². The summed E-state index contributed by atoms with van der Waals surface area (Å²) in [5.74, 6) is 0.0791. The van der Waals surface area contributed by atoms with Gasteiger partial charge in [0.1, 0.15) is 0 Å². The van der Waals surface area contributed by atoms with E-state index in [1.807, 2.05) is 12.1 Å². The molecule has 6 heteroatoms. The fourth-order valence-corrected chi connectivity index (χ4v) is 11.4. The van der Waals surface area contributed by atoms with Crippen LogP contribution in [0.4, 0.5) is 5.69 Å². The molecular formula is C30H34N2O3S. The molecule has 188 valence electrons. The third-order valence-electron chi connectivity index (χ3n) is 10.8. The number of hydrogen-bond donors (Lipinski definition) is 0. The minimum atomic E-state index is -3.64.